The maximum Gasteiger partial charge on any atom is 0.224 e. The van der Waals surface area contributed by atoms with Gasteiger partial charge in [-0.15, -0.1) is 0 Å². The first-order valence-corrected chi connectivity index (χ1v) is 7.13. The van der Waals surface area contributed by atoms with Crippen LogP contribution in [0.4, 0.5) is 10.1 Å². The minimum Gasteiger partial charge on any atom is -0.506 e. The summed E-state index contributed by atoms with van der Waals surface area (Å²) in [6, 6.07) is 11.8. The largest absolute Gasteiger partial charge is 0.506 e. The maximum absolute atomic E-state index is 13.6. The molecule has 0 saturated carbocycles. The minimum absolute atomic E-state index is 0.0133. The Morgan fingerprint density at radius 1 is 1.27 bits per heavy atom. The van der Waals surface area contributed by atoms with Gasteiger partial charge in [-0.05, 0) is 18.1 Å². The number of carbonyl (C=O) groups is 1. The number of hydrogen-bond acceptors (Lipinski definition) is 2. The van der Waals surface area contributed by atoms with Crippen molar-refractivity contribution in [2.75, 3.05) is 5.32 Å². The van der Waals surface area contributed by atoms with Crippen LogP contribution in [0.2, 0.25) is 5.02 Å². The average Bonchev–Trinajstić information content (AvgIpc) is 2.50. The molecule has 2 aromatic rings. The third kappa shape index (κ3) is 4.60. The molecule has 2 N–H and O–H groups in total. The molecular formula is C17H15ClFNO2. The number of benzene rings is 2. The van der Waals surface area contributed by atoms with Crippen LogP contribution in [0.3, 0.4) is 0 Å². The van der Waals surface area contributed by atoms with Crippen molar-refractivity contribution in [2.24, 2.45) is 0 Å². The van der Waals surface area contributed by atoms with Crippen molar-refractivity contribution in [3.63, 3.8) is 0 Å². The van der Waals surface area contributed by atoms with Crippen LogP contribution in [0.5, 0.6) is 5.75 Å². The minimum atomic E-state index is -0.727. The fourth-order valence-corrected chi connectivity index (χ4v) is 2.01. The van der Waals surface area contributed by atoms with Gasteiger partial charge in [-0.1, -0.05) is 54.1 Å². The van der Waals surface area contributed by atoms with E-state index >= 15 is 0 Å². The molecule has 3 nitrogen and oxygen atoms in total. The number of halogens is 2. The Labute approximate surface area is 133 Å². The van der Waals surface area contributed by atoms with Crippen LogP contribution in [0.1, 0.15) is 18.4 Å². The summed E-state index contributed by atoms with van der Waals surface area (Å²) in [6.07, 6.45) is 4.57. The lowest BCUT2D eigenvalue weighted by Gasteiger charge is -2.07. The first kappa shape index (κ1) is 16.0. The molecule has 1 amide bonds. The molecule has 0 radical (unpaired) electrons. The zero-order valence-electron chi connectivity index (χ0n) is 11.7. The highest BCUT2D eigenvalue weighted by Gasteiger charge is 2.10. The maximum atomic E-state index is 13.6. The first-order valence-electron chi connectivity index (χ1n) is 6.75. The van der Waals surface area contributed by atoms with Gasteiger partial charge in [-0.2, -0.15) is 0 Å². The van der Waals surface area contributed by atoms with Crippen molar-refractivity contribution in [3.05, 3.63) is 64.9 Å². The van der Waals surface area contributed by atoms with E-state index in [2.05, 4.69) is 5.32 Å². The van der Waals surface area contributed by atoms with Gasteiger partial charge >= 0.3 is 0 Å². The zero-order chi connectivity index (χ0) is 15.9. The van der Waals surface area contributed by atoms with Gasteiger partial charge in [0.2, 0.25) is 5.91 Å². The number of allylic oxidation sites excluding steroid dienone is 1. The van der Waals surface area contributed by atoms with Crippen LogP contribution in [-0.2, 0) is 4.79 Å². The number of rotatable bonds is 5. The van der Waals surface area contributed by atoms with Crippen molar-refractivity contribution < 1.29 is 14.3 Å². The lowest BCUT2D eigenvalue weighted by atomic mass is 10.2. The number of aromatic hydroxyl groups is 1. The summed E-state index contributed by atoms with van der Waals surface area (Å²) in [5.74, 6) is -1.41. The number of hydrogen-bond donors (Lipinski definition) is 2. The molecule has 0 bridgehead atoms. The summed E-state index contributed by atoms with van der Waals surface area (Å²) in [4.78, 5) is 11.8. The molecule has 0 aliphatic rings. The second kappa shape index (κ2) is 7.61. The van der Waals surface area contributed by atoms with E-state index in [4.69, 9.17) is 11.6 Å². The third-order valence-electron chi connectivity index (χ3n) is 2.96. The third-order valence-corrected chi connectivity index (χ3v) is 3.26. The number of carbonyl (C=O) groups excluding carboxylic acids is 1. The van der Waals surface area contributed by atoms with Crippen molar-refractivity contribution in [3.8, 4) is 5.75 Å². The first-order chi connectivity index (χ1) is 10.6. The molecular weight excluding hydrogens is 305 g/mol. The summed E-state index contributed by atoms with van der Waals surface area (Å²) in [5, 5.41) is 11.7. The lowest BCUT2D eigenvalue weighted by molar-refractivity contribution is -0.116. The van der Waals surface area contributed by atoms with Crippen molar-refractivity contribution in [2.45, 2.75) is 12.8 Å². The highest BCUT2D eigenvalue weighted by atomic mass is 35.5. The van der Waals surface area contributed by atoms with Crippen LogP contribution in [-0.4, -0.2) is 11.0 Å². The Hall–Kier alpha value is -2.33. The van der Waals surface area contributed by atoms with E-state index in [9.17, 15) is 14.3 Å². The molecule has 2 rings (SSSR count). The van der Waals surface area contributed by atoms with E-state index in [1.165, 1.54) is 6.07 Å². The smallest absolute Gasteiger partial charge is 0.224 e. The van der Waals surface area contributed by atoms with Crippen molar-refractivity contribution in [1.29, 1.82) is 0 Å². The highest BCUT2D eigenvalue weighted by Crippen LogP contribution is 2.29. The molecule has 0 aromatic heterocycles. The van der Waals surface area contributed by atoms with E-state index in [0.717, 1.165) is 11.6 Å². The number of anilines is 1. The van der Waals surface area contributed by atoms with Gasteiger partial charge < -0.3 is 10.4 Å². The fourth-order valence-electron chi connectivity index (χ4n) is 1.84. The van der Waals surface area contributed by atoms with Crippen LogP contribution in [0, 0.1) is 5.82 Å². The van der Waals surface area contributed by atoms with Gasteiger partial charge in [-0.25, -0.2) is 4.39 Å². The predicted octanol–water partition coefficient (Wildman–Crippen LogP) is 4.62. The number of phenolic OH excluding ortho intramolecular Hbond substituents is 1. The van der Waals surface area contributed by atoms with Crippen LogP contribution < -0.4 is 5.32 Å². The summed E-state index contributed by atoms with van der Waals surface area (Å²) < 4.78 is 13.6. The highest BCUT2D eigenvalue weighted by molar-refractivity contribution is 6.32. The Bertz CT molecular complexity index is 687. The van der Waals surface area contributed by atoms with E-state index in [0.29, 0.717) is 6.42 Å². The average molecular weight is 320 g/mol. The van der Waals surface area contributed by atoms with Gasteiger partial charge in [0.25, 0.3) is 0 Å². The van der Waals surface area contributed by atoms with Crippen molar-refractivity contribution >= 4 is 29.3 Å². The van der Waals surface area contributed by atoms with E-state index < -0.39 is 5.82 Å². The Morgan fingerprint density at radius 3 is 2.73 bits per heavy atom. The normalized spacial score (nSPS) is 10.8. The molecule has 0 aliphatic heterocycles. The quantitative estimate of drug-likeness (QED) is 0.790. The molecule has 114 valence electrons. The predicted molar refractivity (Wildman–Crippen MR) is 86.4 cm³/mol. The van der Waals surface area contributed by atoms with E-state index in [1.807, 2.05) is 42.5 Å². The fraction of sp³-hybridized carbons (Fsp3) is 0.118. The molecule has 22 heavy (non-hydrogen) atoms. The zero-order valence-corrected chi connectivity index (χ0v) is 12.5. The second-order valence-electron chi connectivity index (χ2n) is 4.68. The summed E-state index contributed by atoms with van der Waals surface area (Å²) >= 11 is 5.68. The molecule has 0 spiro atoms. The molecule has 5 heteroatoms. The summed E-state index contributed by atoms with van der Waals surface area (Å²) in [7, 11) is 0. The number of phenols is 1. The van der Waals surface area contributed by atoms with Crippen LogP contribution in [0.15, 0.2) is 48.5 Å². The van der Waals surface area contributed by atoms with Gasteiger partial charge in [0.1, 0.15) is 11.6 Å². The molecule has 0 atom stereocenters. The Balaban J connectivity index is 1.86. The van der Waals surface area contributed by atoms with Gasteiger partial charge in [0, 0.05) is 12.5 Å². The second-order valence-corrected chi connectivity index (χ2v) is 5.09. The standard InChI is InChI=1S/C17H15ClFNO2/c18-13-10-15(14(19)11-16(13)21)20-17(22)9-5-4-8-12-6-2-1-3-7-12/h1-4,6-8,10-11,21H,5,9H2,(H,20,22). The number of nitrogens with one attached hydrogen (secondary N) is 1. The van der Waals surface area contributed by atoms with Crippen LogP contribution >= 0.6 is 11.6 Å². The monoisotopic (exact) mass is 319 g/mol. The van der Waals surface area contributed by atoms with E-state index in [-0.39, 0.29) is 28.8 Å². The molecule has 0 unspecified atom stereocenters. The van der Waals surface area contributed by atoms with Gasteiger partial charge in [0.15, 0.2) is 0 Å². The molecule has 0 fully saturated rings. The van der Waals surface area contributed by atoms with Crippen molar-refractivity contribution in [1.82, 2.24) is 0 Å². The summed E-state index contributed by atoms with van der Waals surface area (Å²) in [6.45, 7) is 0. The summed E-state index contributed by atoms with van der Waals surface area (Å²) in [5.41, 5.74) is 1.01. The van der Waals surface area contributed by atoms with E-state index in [1.54, 1.807) is 0 Å². The lowest BCUT2D eigenvalue weighted by Crippen LogP contribution is -2.11. The SMILES string of the molecule is O=C(CCC=Cc1ccccc1)Nc1cc(Cl)c(O)cc1F. The molecule has 0 aliphatic carbocycles. The Morgan fingerprint density at radius 2 is 2.00 bits per heavy atom. The Kier molecular flexibility index (Phi) is 5.55. The number of amides is 1. The van der Waals surface area contributed by atoms with Gasteiger partial charge in [0.05, 0.1) is 10.7 Å². The van der Waals surface area contributed by atoms with Gasteiger partial charge in [-0.3, -0.25) is 4.79 Å². The topological polar surface area (TPSA) is 49.3 Å². The molecule has 0 saturated heterocycles. The van der Waals surface area contributed by atoms with Crippen LogP contribution in [0.25, 0.3) is 6.08 Å². The molecule has 2 aromatic carbocycles. The molecule has 0 heterocycles.